The first-order valence-electron chi connectivity index (χ1n) is 7.21. The summed E-state index contributed by atoms with van der Waals surface area (Å²) in [6.45, 7) is 1.53. The van der Waals surface area contributed by atoms with Gasteiger partial charge in [-0.25, -0.2) is 4.79 Å². The molecular weight excluding hydrogens is 256 g/mol. The van der Waals surface area contributed by atoms with Gasteiger partial charge in [0.1, 0.15) is 0 Å². The molecule has 20 heavy (non-hydrogen) atoms. The van der Waals surface area contributed by atoms with Crippen molar-refractivity contribution in [2.24, 2.45) is 5.92 Å². The van der Waals surface area contributed by atoms with Gasteiger partial charge >= 0.3 is 6.03 Å². The maximum absolute atomic E-state index is 11.8. The van der Waals surface area contributed by atoms with Crippen LogP contribution in [-0.2, 0) is 4.74 Å². The predicted octanol–water partition coefficient (Wildman–Crippen LogP) is 1.95. The Kier molecular flexibility index (Phi) is 3.82. The summed E-state index contributed by atoms with van der Waals surface area (Å²) in [5.41, 5.74) is 0.788. The second-order valence-corrected chi connectivity index (χ2v) is 5.71. The van der Waals surface area contributed by atoms with Gasteiger partial charge in [-0.2, -0.15) is 10.2 Å². The van der Waals surface area contributed by atoms with Crippen LogP contribution in [0.3, 0.4) is 0 Å². The van der Waals surface area contributed by atoms with Gasteiger partial charge in [0, 0.05) is 13.2 Å². The first-order chi connectivity index (χ1) is 9.76. The first kappa shape index (κ1) is 13.3. The highest BCUT2D eigenvalue weighted by molar-refractivity contribution is 5.88. The van der Waals surface area contributed by atoms with Crippen molar-refractivity contribution in [1.29, 1.82) is 0 Å². The molecule has 2 heterocycles. The Labute approximate surface area is 118 Å². The summed E-state index contributed by atoms with van der Waals surface area (Å²) in [6.07, 6.45) is 8.81. The van der Waals surface area contributed by atoms with Crippen LogP contribution in [0.2, 0.25) is 0 Å². The number of anilines is 1. The Bertz CT molecular complexity index is 462. The van der Waals surface area contributed by atoms with E-state index in [1.54, 1.807) is 12.3 Å². The van der Waals surface area contributed by atoms with Crippen molar-refractivity contribution < 1.29 is 9.53 Å². The molecule has 2 fully saturated rings. The van der Waals surface area contributed by atoms with E-state index in [-0.39, 0.29) is 11.6 Å². The molecule has 0 bridgehead atoms. The summed E-state index contributed by atoms with van der Waals surface area (Å²) in [6, 6.07) is 1.52. The van der Waals surface area contributed by atoms with Crippen molar-refractivity contribution in [3.05, 3.63) is 18.5 Å². The zero-order valence-corrected chi connectivity index (χ0v) is 11.5. The molecule has 2 N–H and O–H groups in total. The van der Waals surface area contributed by atoms with Crippen LogP contribution in [0.25, 0.3) is 0 Å². The van der Waals surface area contributed by atoms with Gasteiger partial charge in [-0.3, -0.25) is 0 Å². The van der Waals surface area contributed by atoms with E-state index in [2.05, 4.69) is 20.8 Å². The van der Waals surface area contributed by atoms with Crippen LogP contribution in [-0.4, -0.2) is 35.0 Å². The maximum Gasteiger partial charge on any atom is 0.319 e. The lowest BCUT2D eigenvalue weighted by Gasteiger charge is -2.47. The Hall–Kier alpha value is -1.69. The third-order valence-corrected chi connectivity index (χ3v) is 4.25. The molecule has 6 nitrogen and oxygen atoms in total. The van der Waals surface area contributed by atoms with E-state index in [0.29, 0.717) is 18.2 Å². The minimum Gasteiger partial charge on any atom is -0.375 e. The molecule has 0 aromatic carbocycles. The molecule has 2 amide bonds. The fraction of sp³-hybridized carbons (Fsp3) is 0.643. The summed E-state index contributed by atoms with van der Waals surface area (Å²) < 4.78 is 5.89. The third-order valence-electron chi connectivity index (χ3n) is 4.25. The lowest BCUT2D eigenvalue weighted by molar-refractivity contribution is -0.142. The van der Waals surface area contributed by atoms with Crippen molar-refractivity contribution in [2.75, 3.05) is 18.5 Å². The molecule has 0 unspecified atom stereocenters. The molecule has 1 saturated carbocycles. The highest BCUT2D eigenvalue weighted by Crippen LogP contribution is 2.43. The van der Waals surface area contributed by atoms with Crippen LogP contribution in [0.1, 0.15) is 32.1 Å². The Morgan fingerprint density at radius 3 is 3.05 bits per heavy atom. The Balaban J connectivity index is 1.43. The fourth-order valence-electron chi connectivity index (χ4n) is 3.00. The molecule has 2 aliphatic rings. The van der Waals surface area contributed by atoms with Gasteiger partial charge in [0.2, 0.25) is 0 Å². The van der Waals surface area contributed by atoms with E-state index in [4.69, 9.17) is 4.74 Å². The molecule has 1 aliphatic heterocycles. The van der Waals surface area contributed by atoms with Crippen LogP contribution in [0.15, 0.2) is 18.5 Å². The molecule has 3 rings (SSSR count). The van der Waals surface area contributed by atoms with E-state index in [9.17, 15) is 4.79 Å². The number of rotatable bonds is 3. The van der Waals surface area contributed by atoms with E-state index in [0.717, 1.165) is 19.4 Å². The summed E-state index contributed by atoms with van der Waals surface area (Å²) >= 11 is 0. The molecular formula is C14H20N4O2. The lowest BCUT2D eigenvalue weighted by atomic mass is 9.72. The average Bonchev–Trinajstić information content (AvgIpc) is 2.45. The zero-order chi connectivity index (χ0) is 13.8. The van der Waals surface area contributed by atoms with E-state index < -0.39 is 0 Å². The average molecular weight is 276 g/mol. The van der Waals surface area contributed by atoms with E-state index in [1.165, 1.54) is 25.5 Å². The zero-order valence-electron chi connectivity index (χ0n) is 11.5. The number of hydrogen-bond acceptors (Lipinski definition) is 4. The van der Waals surface area contributed by atoms with Gasteiger partial charge in [0.25, 0.3) is 0 Å². The smallest absolute Gasteiger partial charge is 0.319 e. The lowest BCUT2D eigenvalue weighted by Crippen LogP contribution is -2.47. The van der Waals surface area contributed by atoms with Crippen molar-refractivity contribution in [1.82, 2.24) is 15.5 Å². The van der Waals surface area contributed by atoms with Gasteiger partial charge in [0.15, 0.2) is 0 Å². The molecule has 1 atom stereocenters. The minimum atomic E-state index is -0.188. The number of hydrogen-bond donors (Lipinski definition) is 2. The Morgan fingerprint density at radius 1 is 1.45 bits per heavy atom. The van der Waals surface area contributed by atoms with Crippen LogP contribution in [0, 0.1) is 5.92 Å². The van der Waals surface area contributed by atoms with Crippen molar-refractivity contribution in [2.45, 2.75) is 37.7 Å². The predicted molar refractivity (Wildman–Crippen MR) is 74.3 cm³/mol. The highest BCUT2D eigenvalue weighted by atomic mass is 16.5. The Morgan fingerprint density at radius 2 is 2.35 bits per heavy atom. The SMILES string of the molecule is O=C(NC[C@@H]1CCOC2(CCC2)C1)Nc1ccnnc1. The quantitative estimate of drug-likeness (QED) is 0.884. The first-order valence-corrected chi connectivity index (χ1v) is 7.21. The number of nitrogens with zero attached hydrogens (tertiary/aromatic N) is 2. The van der Waals surface area contributed by atoms with Crippen LogP contribution in [0.4, 0.5) is 10.5 Å². The van der Waals surface area contributed by atoms with Crippen molar-refractivity contribution in [3.63, 3.8) is 0 Å². The molecule has 0 radical (unpaired) electrons. The second kappa shape index (κ2) is 5.75. The number of ether oxygens (including phenoxy) is 1. The topological polar surface area (TPSA) is 76.1 Å². The number of nitrogens with one attached hydrogen (secondary N) is 2. The van der Waals surface area contributed by atoms with Crippen LogP contribution < -0.4 is 10.6 Å². The number of aromatic nitrogens is 2. The van der Waals surface area contributed by atoms with E-state index in [1.807, 2.05) is 0 Å². The van der Waals surface area contributed by atoms with Gasteiger partial charge in [-0.05, 0) is 44.1 Å². The molecule has 1 saturated heterocycles. The monoisotopic (exact) mass is 276 g/mol. The molecule has 1 spiro atoms. The third kappa shape index (κ3) is 3.07. The van der Waals surface area contributed by atoms with Crippen molar-refractivity contribution in [3.8, 4) is 0 Å². The highest BCUT2D eigenvalue weighted by Gasteiger charge is 2.42. The molecule has 1 aromatic heterocycles. The number of carbonyl (C=O) groups is 1. The molecule has 6 heteroatoms. The summed E-state index contributed by atoms with van der Waals surface area (Å²) in [5, 5.41) is 13.1. The largest absolute Gasteiger partial charge is 0.375 e. The summed E-state index contributed by atoms with van der Waals surface area (Å²) in [4.78, 5) is 11.8. The summed E-state index contributed by atoms with van der Waals surface area (Å²) in [7, 11) is 0. The van der Waals surface area contributed by atoms with Crippen molar-refractivity contribution >= 4 is 11.7 Å². The molecule has 108 valence electrons. The van der Waals surface area contributed by atoms with Crippen LogP contribution in [0.5, 0.6) is 0 Å². The minimum absolute atomic E-state index is 0.135. The molecule has 1 aliphatic carbocycles. The van der Waals surface area contributed by atoms with E-state index >= 15 is 0 Å². The van der Waals surface area contributed by atoms with Gasteiger partial charge in [-0.15, -0.1) is 0 Å². The van der Waals surface area contributed by atoms with Gasteiger partial charge < -0.3 is 15.4 Å². The number of urea groups is 1. The second-order valence-electron chi connectivity index (χ2n) is 5.71. The number of carbonyl (C=O) groups excluding carboxylic acids is 1. The number of amides is 2. The van der Waals surface area contributed by atoms with Gasteiger partial charge in [-0.1, -0.05) is 0 Å². The maximum atomic E-state index is 11.8. The van der Waals surface area contributed by atoms with Crippen LogP contribution >= 0.6 is 0 Å². The standard InChI is InChI=1S/C14H20N4O2/c19-13(18-12-2-6-16-17-10-12)15-9-11-3-7-20-14(8-11)4-1-5-14/h2,6,10-11H,1,3-5,7-9H2,(H2,15,16,18,19)/t11-/m1/s1. The fourth-order valence-corrected chi connectivity index (χ4v) is 3.00. The summed E-state index contributed by atoms with van der Waals surface area (Å²) in [5.74, 6) is 0.519. The molecule has 1 aromatic rings. The normalized spacial score (nSPS) is 23.9. The van der Waals surface area contributed by atoms with Gasteiger partial charge in [0.05, 0.1) is 23.7 Å².